The standard InChI is InChI=1S/C9H16FNO2/c1-7(8(12)13-3)11-5-4-9(2,10)6-11/h7H,4-6H2,1-3H3. The van der Waals surface area contributed by atoms with Gasteiger partial charge >= 0.3 is 5.97 Å². The number of hydrogen-bond acceptors (Lipinski definition) is 3. The van der Waals surface area contributed by atoms with Crippen molar-refractivity contribution in [1.82, 2.24) is 4.90 Å². The molecule has 1 fully saturated rings. The highest BCUT2D eigenvalue weighted by Crippen LogP contribution is 2.26. The molecule has 13 heavy (non-hydrogen) atoms. The van der Waals surface area contributed by atoms with Crippen LogP contribution in [0.2, 0.25) is 0 Å². The summed E-state index contributed by atoms with van der Waals surface area (Å²) in [5, 5.41) is 0. The van der Waals surface area contributed by atoms with Crippen molar-refractivity contribution >= 4 is 5.97 Å². The quantitative estimate of drug-likeness (QED) is 0.606. The van der Waals surface area contributed by atoms with E-state index in [1.54, 1.807) is 13.8 Å². The lowest BCUT2D eigenvalue weighted by molar-refractivity contribution is -0.146. The summed E-state index contributed by atoms with van der Waals surface area (Å²) in [7, 11) is 1.35. The van der Waals surface area contributed by atoms with E-state index in [1.165, 1.54) is 7.11 Å². The van der Waals surface area contributed by atoms with E-state index < -0.39 is 5.67 Å². The van der Waals surface area contributed by atoms with Crippen LogP contribution in [0.3, 0.4) is 0 Å². The van der Waals surface area contributed by atoms with Gasteiger partial charge in [-0.1, -0.05) is 0 Å². The van der Waals surface area contributed by atoms with Crippen LogP contribution in [0.4, 0.5) is 4.39 Å². The van der Waals surface area contributed by atoms with Gasteiger partial charge in [0.1, 0.15) is 11.7 Å². The SMILES string of the molecule is COC(=O)C(C)N1CCC(C)(F)C1. The highest BCUT2D eigenvalue weighted by atomic mass is 19.1. The minimum atomic E-state index is -1.15. The van der Waals surface area contributed by atoms with Crippen LogP contribution in [0, 0.1) is 0 Å². The predicted molar refractivity (Wildman–Crippen MR) is 47.2 cm³/mol. The Hall–Kier alpha value is -0.640. The molecule has 0 N–H and O–H groups in total. The van der Waals surface area contributed by atoms with Gasteiger partial charge in [0.05, 0.1) is 7.11 Å². The van der Waals surface area contributed by atoms with Crippen molar-refractivity contribution in [1.29, 1.82) is 0 Å². The topological polar surface area (TPSA) is 29.5 Å². The van der Waals surface area contributed by atoms with Gasteiger partial charge in [-0.05, 0) is 20.3 Å². The normalized spacial score (nSPS) is 31.7. The number of methoxy groups -OCH3 is 1. The summed E-state index contributed by atoms with van der Waals surface area (Å²) in [4.78, 5) is 12.9. The lowest BCUT2D eigenvalue weighted by Gasteiger charge is -2.22. The molecule has 0 amide bonds. The van der Waals surface area contributed by atoms with Gasteiger partial charge in [0.15, 0.2) is 0 Å². The molecule has 2 unspecified atom stereocenters. The van der Waals surface area contributed by atoms with Crippen LogP contribution in [-0.2, 0) is 9.53 Å². The van der Waals surface area contributed by atoms with E-state index >= 15 is 0 Å². The molecule has 1 rings (SSSR count). The Kier molecular flexibility index (Phi) is 2.91. The minimum absolute atomic E-state index is 0.294. The number of carbonyl (C=O) groups is 1. The van der Waals surface area contributed by atoms with Gasteiger partial charge in [0.25, 0.3) is 0 Å². The zero-order chi connectivity index (χ0) is 10.1. The third-order valence-corrected chi connectivity index (χ3v) is 2.54. The molecular weight excluding hydrogens is 173 g/mol. The number of nitrogens with zero attached hydrogens (tertiary/aromatic N) is 1. The van der Waals surface area contributed by atoms with E-state index in [1.807, 2.05) is 4.90 Å². The van der Waals surface area contributed by atoms with Crippen LogP contribution < -0.4 is 0 Å². The van der Waals surface area contributed by atoms with Crippen LogP contribution in [0.15, 0.2) is 0 Å². The molecule has 0 radical (unpaired) electrons. The summed E-state index contributed by atoms with van der Waals surface area (Å²) >= 11 is 0. The molecule has 0 spiro atoms. The Morgan fingerprint density at radius 2 is 2.31 bits per heavy atom. The van der Waals surface area contributed by atoms with E-state index in [9.17, 15) is 9.18 Å². The summed E-state index contributed by atoms with van der Waals surface area (Å²) in [6.45, 7) is 4.26. The molecule has 0 aliphatic carbocycles. The molecule has 0 bridgehead atoms. The van der Waals surface area contributed by atoms with Crippen LogP contribution in [-0.4, -0.2) is 42.8 Å². The van der Waals surface area contributed by atoms with Gasteiger partial charge in [-0.15, -0.1) is 0 Å². The summed E-state index contributed by atoms with van der Waals surface area (Å²) in [5.74, 6) is -0.294. The van der Waals surface area contributed by atoms with Gasteiger partial charge in [0, 0.05) is 13.1 Å². The number of halogens is 1. The molecule has 2 atom stereocenters. The van der Waals surface area contributed by atoms with E-state index in [0.29, 0.717) is 19.5 Å². The highest BCUT2D eigenvalue weighted by Gasteiger charge is 2.37. The van der Waals surface area contributed by atoms with E-state index in [2.05, 4.69) is 4.74 Å². The molecule has 1 heterocycles. The maximum absolute atomic E-state index is 13.4. The van der Waals surface area contributed by atoms with Crippen LogP contribution in [0.1, 0.15) is 20.3 Å². The minimum Gasteiger partial charge on any atom is -0.468 e. The Bertz CT molecular complexity index is 206. The fourth-order valence-electron chi connectivity index (χ4n) is 1.61. The van der Waals surface area contributed by atoms with Crippen LogP contribution in [0.5, 0.6) is 0 Å². The molecule has 1 saturated heterocycles. The molecule has 76 valence electrons. The molecule has 1 aliphatic rings. The molecule has 0 aromatic carbocycles. The maximum Gasteiger partial charge on any atom is 0.322 e. The molecule has 0 saturated carbocycles. The smallest absolute Gasteiger partial charge is 0.322 e. The number of rotatable bonds is 2. The summed E-state index contributed by atoms with van der Waals surface area (Å²) in [6, 6.07) is -0.331. The van der Waals surface area contributed by atoms with Gasteiger partial charge in [-0.25, -0.2) is 4.39 Å². The second kappa shape index (κ2) is 3.62. The first kappa shape index (κ1) is 10.4. The van der Waals surface area contributed by atoms with E-state index in [4.69, 9.17) is 0 Å². The van der Waals surface area contributed by atoms with Gasteiger partial charge in [-0.3, -0.25) is 9.69 Å². The first-order valence-corrected chi connectivity index (χ1v) is 4.47. The average Bonchev–Trinajstić information content (AvgIpc) is 2.43. The molecule has 3 nitrogen and oxygen atoms in total. The fourth-order valence-corrected chi connectivity index (χ4v) is 1.61. The van der Waals surface area contributed by atoms with Crippen molar-refractivity contribution in [2.24, 2.45) is 0 Å². The Morgan fingerprint density at radius 1 is 1.69 bits per heavy atom. The lowest BCUT2D eigenvalue weighted by Crippen LogP contribution is -2.39. The van der Waals surface area contributed by atoms with Crippen LogP contribution >= 0.6 is 0 Å². The predicted octanol–water partition coefficient (Wildman–Crippen LogP) is 0.982. The zero-order valence-corrected chi connectivity index (χ0v) is 8.34. The van der Waals surface area contributed by atoms with Crippen molar-refractivity contribution in [3.8, 4) is 0 Å². The van der Waals surface area contributed by atoms with Crippen molar-refractivity contribution in [2.45, 2.75) is 32.0 Å². The monoisotopic (exact) mass is 189 g/mol. The molecule has 0 aromatic rings. The summed E-state index contributed by atoms with van der Waals surface area (Å²) in [5.41, 5.74) is -1.15. The van der Waals surface area contributed by atoms with Crippen molar-refractivity contribution in [3.05, 3.63) is 0 Å². The summed E-state index contributed by atoms with van der Waals surface area (Å²) in [6.07, 6.45) is 0.494. The number of likely N-dealkylation sites (tertiary alicyclic amines) is 1. The second-order valence-electron chi connectivity index (χ2n) is 3.83. The van der Waals surface area contributed by atoms with E-state index in [-0.39, 0.29) is 12.0 Å². The molecule has 0 aromatic heterocycles. The Balaban J connectivity index is 2.51. The van der Waals surface area contributed by atoms with Gasteiger partial charge in [0.2, 0.25) is 0 Å². The fraction of sp³-hybridized carbons (Fsp3) is 0.889. The average molecular weight is 189 g/mol. The number of carbonyl (C=O) groups excluding carboxylic acids is 1. The number of alkyl halides is 1. The molecular formula is C9H16FNO2. The van der Waals surface area contributed by atoms with Crippen molar-refractivity contribution < 1.29 is 13.9 Å². The molecule has 4 heteroatoms. The number of hydrogen-bond donors (Lipinski definition) is 0. The van der Waals surface area contributed by atoms with Crippen molar-refractivity contribution in [3.63, 3.8) is 0 Å². The van der Waals surface area contributed by atoms with Crippen molar-refractivity contribution in [2.75, 3.05) is 20.2 Å². The second-order valence-corrected chi connectivity index (χ2v) is 3.83. The zero-order valence-electron chi connectivity index (χ0n) is 8.34. The first-order valence-electron chi connectivity index (χ1n) is 4.47. The van der Waals surface area contributed by atoms with Gasteiger partial charge < -0.3 is 4.74 Å². The Labute approximate surface area is 77.9 Å². The first-order chi connectivity index (χ1) is 5.96. The largest absolute Gasteiger partial charge is 0.468 e. The Morgan fingerprint density at radius 3 is 2.69 bits per heavy atom. The van der Waals surface area contributed by atoms with Crippen LogP contribution in [0.25, 0.3) is 0 Å². The molecule has 1 aliphatic heterocycles. The third-order valence-electron chi connectivity index (χ3n) is 2.54. The summed E-state index contributed by atoms with van der Waals surface area (Å²) < 4.78 is 18.0. The van der Waals surface area contributed by atoms with E-state index in [0.717, 1.165) is 0 Å². The number of ether oxygens (including phenoxy) is 1. The maximum atomic E-state index is 13.4. The highest BCUT2D eigenvalue weighted by molar-refractivity contribution is 5.75. The lowest BCUT2D eigenvalue weighted by atomic mass is 10.1. The third kappa shape index (κ3) is 2.40. The van der Waals surface area contributed by atoms with Gasteiger partial charge in [-0.2, -0.15) is 0 Å². The number of esters is 1.